The van der Waals surface area contributed by atoms with Crippen LogP contribution in [0.5, 0.6) is 0 Å². The Morgan fingerprint density at radius 1 is 1.36 bits per heavy atom. The quantitative estimate of drug-likeness (QED) is 0.813. The second-order valence-corrected chi connectivity index (χ2v) is 6.23. The van der Waals surface area contributed by atoms with Gasteiger partial charge in [0, 0.05) is 36.8 Å². The van der Waals surface area contributed by atoms with Crippen LogP contribution in [0.1, 0.15) is 18.7 Å². The lowest BCUT2D eigenvalue weighted by Crippen LogP contribution is -2.57. The number of carbonyl (C=O) groups excluding carboxylic acids is 1. The van der Waals surface area contributed by atoms with Crippen LogP contribution in [0.15, 0.2) is 28.8 Å². The molecule has 2 heterocycles. The van der Waals surface area contributed by atoms with Gasteiger partial charge in [-0.1, -0.05) is 28.9 Å². The second kappa shape index (κ2) is 8.62. The van der Waals surface area contributed by atoms with E-state index in [2.05, 4.69) is 15.5 Å². The maximum Gasteiger partial charge on any atom is 0.240 e. The van der Waals surface area contributed by atoms with E-state index in [4.69, 9.17) is 26.6 Å². The standard InChI is InChI=1S/C16H19ClN4O3.ClH/c17-12-3-1-2-11(10-12)14-20-13(24-21-14)4-7-19-15(22)16(18)5-8-23-9-6-16;/h1-3,10H,4-9,18H2,(H,19,22);1H. The number of hydrogen-bond acceptors (Lipinski definition) is 6. The van der Waals surface area contributed by atoms with Gasteiger partial charge in [0.25, 0.3) is 0 Å². The highest BCUT2D eigenvalue weighted by atomic mass is 35.5. The third-order valence-corrected chi connectivity index (χ3v) is 4.25. The Kier molecular flexibility index (Phi) is 6.78. The molecule has 25 heavy (non-hydrogen) atoms. The van der Waals surface area contributed by atoms with Gasteiger partial charge in [-0.3, -0.25) is 4.79 Å². The van der Waals surface area contributed by atoms with Gasteiger partial charge < -0.3 is 20.3 Å². The Morgan fingerprint density at radius 3 is 2.84 bits per heavy atom. The van der Waals surface area contributed by atoms with E-state index < -0.39 is 5.54 Å². The molecule has 3 N–H and O–H groups in total. The van der Waals surface area contributed by atoms with Crippen LogP contribution in [0.3, 0.4) is 0 Å². The number of benzene rings is 1. The molecule has 0 aliphatic carbocycles. The lowest BCUT2D eigenvalue weighted by Gasteiger charge is -2.31. The van der Waals surface area contributed by atoms with E-state index in [0.717, 1.165) is 5.56 Å². The fourth-order valence-corrected chi connectivity index (χ4v) is 2.71. The van der Waals surface area contributed by atoms with Gasteiger partial charge in [-0.05, 0) is 25.0 Å². The van der Waals surface area contributed by atoms with Crippen LogP contribution in [0, 0.1) is 0 Å². The van der Waals surface area contributed by atoms with Crippen molar-refractivity contribution in [3.05, 3.63) is 35.2 Å². The van der Waals surface area contributed by atoms with Gasteiger partial charge >= 0.3 is 0 Å². The third-order valence-electron chi connectivity index (χ3n) is 4.01. The topological polar surface area (TPSA) is 103 Å². The van der Waals surface area contributed by atoms with Crippen molar-refractivity contribution in [1.82, 2.24) is 15.5 Å². The van der Waals surface area contributed by atoms with Crippen LogP contribution < -0.4 is 11.1 Å². The van der Waals surface area contributed by atoms with E-state index in [-0.39, 0.29) is 18.3 Å². The van der Waals surface area contributed by atoms with Crippen molar-refractivity contribution in [2.45, 2.75) is 24.8 Å². The molecule has 136 valence electrons. The molecule has 3 rings (SSSR count). The molecule has 1 aromatic carbocycles. The molecule has 2 aromatic rings. The van der Waals surface area contributed by atoms with Crippen molar-refractivity contribution in [3.8, 4) is 11.4 Å². The Bertz CT molecular complexity index is 717. The minimum absolute atomic E-state index is 0. The number of carbonyl (C=O) groups is 1. The van der Waals surface area contributed by atoms with Gasteiger partial charge in [-0.25, -0.2) is 0 Å². The molecule has 1 aromatic heterocycles. The average molecular weight is 387 g/mol. The van der Waals surface area contributed by atoms with Gasteiger partial charge in [0.05, 0.1) is 5.54 Å². The molecule has 0 spiro atoms. The summed E-state index contributed by atoms with van der Waals surface area (Å²) in [5, 5.41) is 7.37. The van der Waals surface area contributed by atoms with E-state index >= 15 is 0 Å². The van der Waals surface area contributed by atoms with Gasteiger partial charge in [-0.2, -0.15) is 4.98 Å². The summed E-state index contributed by atoms with van der Waals surface area (Å²) in [5.41, 5.74) is 6.05. The van der Waals surface area contributed by atoms with Crippen molar-refractivity contribution in [2.24, 2.45) is 5.73 Å². The van der Waals surface area contributed by atoms with E-state index in [0.29, 0.717) is 55.8 Å². The molecule has 1 aliphatic rings. The first kappa shape index (κ1) is 19.7. The maximum atomic E-state index is 12.2. The summed E-state index contributed by atoms with van der Waals surface area (Å²) in [6, 6.07) is 7.22. The van der Waals surface area contributed by atoms with Crippen molar-refractivity contribution in [1.29, 1.82) is 0 Å². The SMILES string of the molecule is Cl.NC1(C(=O)NCCc2nc(-c3cccc(Cl)c3)no2)CCOCC1. The number of ether oxygens (including phenoxy) is 1. The fraction of sp³-hybridized carbons (Fsp3) is 0.438. The van der Waals surface area contributed by atoms with E-state index in [1.807, 2.05) is 12.1 Å². The number of nitrogens with zero attached hydrogens (tertiary/aromatic N) is 2. The fourth-order valence-electron chi connectivity index (χ4n) is 2.52. The zero-order chi connectivity index (χ0) is 17.0. The second-order valence-electron chi connectivity index (χ2n) is 5.80. The van der Waals surface area contributed by atoms with Crippen LogP contribution in [0.2, 0.25) is 5.02 Å². The monoisotopic (exact) mass is 386 g/mol. The number of aromatic nitrogens is 2. The third kappa shape index (κ3) is 4.92. The first-order chi connectivity index (χ1) is 11.6. The molecule has 1 fully saturated rings. The molecule has 1 amide bonds. The summed E-state index contributed by atoms with van der Waals surface area (Å²) in [6.07, 6.45) is 1.49. The zero-order valence-electron chi connectivity index (χ0n) is 13.5. The van der Waals surface area contributed by atoms with Crippen molar-refractivity contribution in [3.63, 3.8) is 0 Å². The van der Waals surface area contributed by atoms with E-state index in [1.54, 1.807) is 12.1 Å². The van der Waals surface area contributed by atoms with Crippen molar-refractivity contribution < 1.29 is 14.1 Å². The maximum absolute atomic E-state index is 12.2. The first-order valence-corrected chi connectivity index (χ1v) is 8.18. The van der Waals surface area contributed by atoms with Gasteiger partial charge in [-0.15, -0.1) is 12.4 Å². The van der Waals surface area contributed by atoms with Gasteiger partial charge in [0.15, 0.2) is 0 Å². The number of rotatable bonds is 5. The van der Waals surface area contributed by atoms with E-state index in [1.165, 1.54) is 0 Å². The smallest absolute Gasteiger partial charge is 0.240 e. The van der Waals surface area contributed by atoms with Crippen LogP contribution >= 0.6 is 24.0 Å². The molecule has 0 atom stereocenters. The minimum atomic E-state index is -0.848. The Morgan fingerprint density at radius 2 is 2.12 bits per heavy atom. The Labute approximate surface area is 156 Å². The Balaban J connectivity index is 0.00000225. The lowest BCUT2D eigenvalue weighted by molar-refractivity contribution is -0.129. The summed E-state index contributed by atoms with van der Waals surface area (Å²) in [5.74, 6) is 0.752. The molecule has 1 saturated heterocycles. The summed E-state index contributed by atoms with van der Waals surface area (Å²) >= 11 is 5.95. The molecule has 0 bridgehead atoms. The molecule has 0 radical (unpaired) electrons. The van der Waals surface area contributed by atoms with Crippen LogP contribution in [0.25, 0.3) is 11.4 Å². The summed E-state index contributed by atoms with van der Waals surface area (Å²) < 4.78 is 10.4. The molecular formula is C16H20Cl2N4O3. The molecular weight excluding hydrogens is 367 g/mol. The molecule has 0 saturated carbocycles. The highest BCUT2D eigenvalue weighted by Crippen LogP contribution is 2.20. The largest absolute Gasteiger partial charge is 0.381 e. The number of halogens is 2. The van der Waals surface area contributed by atoms with Crippen LogP contribution in [-0.2, 0) is 16.0 Å². The number of nitrogens with two attached hydrogens (primary N) is 1. The lowest BCUT2D eigenvalue weighted by atomic mass is 9.90. The summed E-state index contributed by atoms with van der Waals surface area (Å²) in [7, 11) is 0. The normalized spacial score (nSPS) is 16.1. The van der Waals surface area contributed by atoms with E-state index in [9.17, 15) is 4.79 Å². The molecule has 1 aliphatic heterocycles. The summed E-state index contributed by atoms with van der Waals surface area (Å²) in [6.45, 7) is 1.41. The van der Waals surface area contributed by atoms with Crippen molar-refractivity contribution in [2.75, 3.05) is 19.8 Å². The summed E-state index contributed by atoms with van der Waals surface area (Å²) in [4.78, 5) is 16.5. The van der Waals surface area contributed by atoms with Gasteiger partial charge in [0.1, 0.15) is 0 Å². The predicted octanol–water partition coefficient (Wildman–Crippen LogP) is 1.98. The molecule has 7 nitrogen and oxygen atoms in total. The highest BCUT2D eigenvalue weighted by molar-refractivity contribution is 6.30. The zero-order valence-corrected chi connectivity index (χ0v) is 15.1. The Hall–Kier alpha value is -1.67. The number of amides is 1. The van der Waals surface area contributed by atoms with Crippen LogP contribution in [0.4, 0.5) is 0 Å². The van der Waals surface area contributed by atoms with Crippen LogP contribution in [-0.4, -0.2) is 41.3 Å². The molecule has 0 unspecified atom stereocenters. The van der Waals surface area contributed by atoms with Gasteiger partial charge in [0.2, 0.25) is 17.6 Å². The molecule has 9 heteroatoms. The number of hydrogen-bond donors (Lipinski definition) is 2. The minimum Gasteiger partial charge on any atom is -0.381 e. The predicted molar refractivity (Wildman–Crippen MR) is 95.7 cm³/mol. The number of nitrogens with one attached hydrogen (secondary N) is 1. The average Bonchev–Trinajstić information content (AvgIpc) is 3.04. The van der Waals surface area contributed by atoms with Crippen molar-refractivity contribution >= 4 is 29.9 Å². The first-order valence-electron chi connectivity index (χ1n) is 7.80. The highest BCUT2D eigenvalue weighted by Gasteiger charge is 2.35.